The van der Waals surface area contributed by atoms with Gasteiger partial charge in [0.15, 0.2) is 0 Å². The zero-order valence-electron chi connectivity index (χ0n) is 18.3. The molecule has 0 spiro atoms. The molecule has 5 heteroatoms. The van der Waals surface area contributed by atoms with Gasteiger partial charge in [-0.1, -0.05) is 60.7 Å². The fourth-order valence-electron chi connectivity index (χ4n) is 4.36. The minimum absolute atomic E-state index is 0.344. The summed E-state index contributed by atoms with van der Waals surface area (Å²) in [4.78, 5) is 4.74. The Morgan fingerprint density at radius 1 is 0.781 bits per heavy atom. The molecule has 5 nitrogen and oxygen atoms in total. The van der Waals surface area contributed by atoms with Crippen molar-refractivity contribution in [1.29, 1.82) is 0 Å². The number of benzene rings is 3. The van der Waals surface area contributed by atoms with Crippen molar-refractivity contribution in [3.8, 4) is 0 Å². The maximum absolute atomic E-state index is 11.1. The van der Waals surface area contributed by atoms with Crippen molar-refractivity contribution in [3.05, 3.63) is 95.6 Å². The number of hydrogen-bond acceptors (Lipinski definition) is 5. The van der Waals surface area contributed by atoms with Gasteiger partial charge in [-0.15, -0.1) is 0 Å². The number of ether oxygens (including phenoxy) is 2. The van der Waals surface area contributed by atoms with Crippen molar-refractivity contribution in [3.63, 3.8) is 0 Å². The third-order valence-corrected chi connectivity index (χ3v) is 6.30. The third kappa shape index (κ3) is 4.65. The molecule has 0 radical (unpaired) electrons. The van der Waals surface area contributed by atoms with Gasteiger partial charge in [-0.25, -0.2) is 0 Å². The summed E-state index contributed by atoms with van der Waals surface area (Å²) in [5.74, 6) is 0. The van der Waals surface area contributed by atoms with Crippen LogP contribution in [0.15, 0.2) is 78.9 Å². The van der Waals surface area contributed by atoms with Crippen LogP contribution in [-0.4, -0.2) is 44.6 Å². The molecule has 5 rings (SSSR count). The number of morpholine rings is 1. The van der Waals surface area contributed by atoms with Crippen LogP contribution in [-0.2, 0) is 28.2 Å². The van der Waals surface area contributed by atoms with E-state index in [1.54, 1.807) is 0 Å². The molecule has 3 aromatic carbocycles. The normalized spacial score (nSPS) is 17.6. The SMILES string of the molecule is OC1(c2cc(N3CCOCC3)cc(N(Cc3ccccc3)Cc3ccccc3)c2)COC1. The van der Waals surface area contributed by atoms with Crippen LogP contribution in [0.1, 0.15) is 16.7 Å². The van der Waals surface area contributed by atoms with E-state index in [2.05, 4.69) is 76.5 Å². The van der Waals surface area contributed by atoms with Crippen LogP contribution >= 0.6 is 0 Å². The van der Waals surface area contributed by atoms with E-state index in [0.29, 0.717) is 13.2 Å². The van der Waals surface area contributed by atoms with Crippen LogP contribution < -0.4 is 9.80 Å². The number of rotatable bonds is 7. The van der Waals surface area contributed by atoms with Gasteiger partial charge in [-0.3, -0.25) is 0 Å². The van der Waals surface area contributed by atoms with Gasteiger partial charge in [-0.05, 0) is 34.9 Å². The molecule has 0 atom stereocenters. The quantitative estimate of drug-likeness (QED) is 0.615. The van der Waals surface area contributed by atoms with E-state index in [4.69, 9.17) is 9.47 Å². The van der Waals surface area contributed by atoms with Crippen molar-refractivity contribution < 1.29 is 14.6 Å². The lowest BCUT2D eigenvalue weighted by molar-refractivity contribution is -0.184. The van der Waals surface area contributed by atoms with Crippen LogP contribution in [0.4, 0.5) is 11.4 Å². The van der Waals surface area contributed by atoms with Gasteiger partial charge in [0, 0.05) is 37.6 Å². The highest BCUT2D eigenvalue weighted by atomic mass is 16.5. The molecule has 0 aliphatic carbocycles. The van der Waals surface area contributed by atoms with E-state index in [-0.39, 0.29) is 0 Å². The molecule has 0 amide bonds. The Bertz CT molecular complexity index is 974. The Balaban J connectivity index is 1.54. The maximum Gasteiger partial charge on any atom is 0.136 e. The standard InChI is InChI=1S/C27H30N2O3/c30-27(20-32-21-27)24-15-25(28-11-13-31-14-12-28)17-26(16-24)29(18-22-7-3-1-4-8-22)19-23-9-5-2-6-10-23/h1-10,15-17,30H,11-14,18-21H2. The van der Waals surface area contributed by atoms with Crippen molar-refractivity contribution in [1.82, 2.24) is 0 Å². The summed E-state index contributed by atoms with van der Waals surface area (Å²) < 4.78 is 10.9. The van der Waals surface area contributed by atoms with Crippen molar-refractivity contribution in [2.24, 2.45) is 0 Å². The maximum atomic E-state index is 11.1. The molecule has 2 aliphatic rings. The zero-order chi connectivity index (χ0) is 21.8. The fraction of sp³-hybridized carbons (Fsp3) is 0.333. The highest BCUT2D eigenvalue weighted by molar-refractivity contribution is 5.63. The summed E-state index contributed by atoms with van der Waals surface area (Å²) >= 11 is 0. The first-order chi connectivity index (χ1) is 15.7. The predicted molar refractivity (Wildman–Crippen MR) is 127 cm³/mol. The smallest absolute Gasteiger partial charge is 0.136 e. The summed E-state index contributed by atoms with van der Waals surface area (Å²) in [7, 11) is 0. The highest BCUT2D eigenvalue weighted by Gasteiger charge is 2.39. The topological polar surface area (TPSA) is 45.2 Å². The van der Waals surface area contributed by atoms with Crippen molar-refractivity contribution in [2.75, 3.05) is 49.3 Å². The van der Waals surface area contributed by atoms with Gasteiger partial charge in [0.1, 0.15) is 5.60 Å². The molecular formula is C27H30N2O3. The highest BCUT2D eigenvalue weighted by Crippen LogP contribution is 2.36. The first-order valence-electron chi connectivity index (χ1n) is 11.3. The molecular weight excluding hydrogens is 400 g/mol. The molecule has 3 aromatic rings. The molecule has 0 saturated carbocycles. The predicted octanol–water partition coefficient (Wildman–Crippen LogP) is 3.95. The molecule has 2 fully saturated rings. The molecule has 2 aliphatic heterocycles. The van der Waals surface area contributed by atoms with Crippen LogP contribution in [0.25, 0.3) is 0 Å². The fourth-order valence-corrected chi connectivity index (χ4v) is 4.36. The van der Waals surface area contributed by atoms with Crippen LogP contribution in [0.3, 0.4) is 0 Å². The lowest BCUT2D eigenvalue weighted by atomic mass is 9.91. The molecule has 0 bridgehead atoms. The molecule has 1 N–H and O–H groups in total. The monoisotopic (exact) mass is 430 g/mol. The zero-order valence-corrected chi connectivity index (χ0v) is 18.3. The lowest BCUT2D eigenvalue weighted by Gasteiger charge is -2.39. The Hall–Kier alpha value is -2.86. The van der Waals surface area contributed by atoms with E-state index in [0.717, 1.165) is 56.3 Å². The summed E-state index contributed by atoms with van der Waals surface area (Å²) in [5, 5.41) is 11.1. The van der Waals surface area contributed by atoms with Gasteiger partial charge in [0.2, 0.25) is 0 Å². The number of hydrogen-bond donors (Lipinski definition) is 1. The van der Waals surface area contributed by atoms with Crippen LogP contribution in [0.5, 0.6) is 0 Å². The largest absolute Gasteiger partial charge is 0.380 e. The Kier molecular flexibility index (Phi) is 6.12. The van der Waals surface area contributed by atoms with Crippen LogP contribution in [0.2, 0.25) is 0 Å². The number of aliphatic hydroxyl groups is 1. The van der Waals surface area contributed by atoms with Gasteiger partial charge < -0.3 is 24.4 Å². The minimum Gasteiger partial charge on any atom is -0.380 e. The molecule has 166 valence electrons. The first-order valence-corrected chi connectivity index (χ1v) is 11.3. The third-order valence-electron chi connectivity index (χ3n) is 6.30. The molecule has 0 unspecified atom stereocenters. The average Bonchev–Trinajstić information content (AvgIpc) is 2.84. The molecule has 2 heterocycles. The van der Waals surface area contributed by atoms with E-state index < -0.39 is 5.60 Å². The van der Waals surface area contributed by atoms with E-state index in [9.17, 15) is 5.11 Å². The van der Waals surface area contributed by atoms with Crippen LogP contribution in [0, 0.1) is 0 Å². The summed E-state index contributed by atoms with van der Waals surface area (Å²) in [6.07, 6.45) is 0. The second-order valence-corrected chi connectivity index (χ2v) is 8.69. The summed E-state index contributed by atoms with van der Waals surface area (Å²) in [6, 6.07) is 27.6. The second-order valence-electron chi connectivity index (χ2n) is 8.69. The Morgan fingerprint density at radius 3 is 1.91 bits per heavy atom. The first kappa shape index (κ1) is 21.0. The number of nitrogens with zero attached hydrogens (tertiary/aromatic N) is 2. The van der Waals surface area contributed by atoms with Crippen molar-refractivity contribution >= 4 is 11.4 Å². The van der Waals surface area contributed by atoms with Gasteiger partial charge in [-0.2, -0.15) is 0 Å². The average molecular weight is 431 g/mol. The summed E-state index contributed by atoms with van der Waals surface area (Å²) in [6.45, 7) is 5.43. The van der Waals surface area contributed by atoms with E-state index >= 15 is 0 Å². The molecule has 32 heavy (non-hydrogen) atoms. The van der Waals surface area contributed by atoms with E-state index in [1.165, 1.54) is 11.1 Å². The Morgan fingerprint density at radius 2 is 1.38 bits per heavy atom. The Labute approximate surface area is 189 Å². The lowest BCUT2D eigenvalue weighted by Crippen LogP contribution is -2.46. The summed E-state index contributed by atoms with van der Waals surface area (Å²) in [5.41, 5.74) is 4.76. The minimum atomic E-state index is -0.914. The second kappa shape index (κ2) is 9.33. The number of anilines is 2. The van der Waals surface area contributed by atoms with Gasteiger partial charge >= 0.3 is 0 Å². The van der Waals surface area contributed by atoms with Gasteiger partial charge in [0.25, 0.3) is 0 Å². The van der Waals surface area contributed by atoms with Gasteiger partial charge in [0.05, 0.1) is 26.4 Å². The molecule has 2 saturated heterocycles. The van der Waals surface area contributed by atoms with Crippen molar-refractivity contribution in [2.45, 2.75) is 18.7 Å². The van der Waals surface area contributed by atoms with E-state index in [1.807, 2.05) is 12.1 Å². The molecule has 0 aromatic heterocycles.